The Labute approximate surface area is 166 Å². The number of benzene rings is 2. The van der Waals surface area contributed by atoms with Crippen molar-refractivity contribution >= 4 is 22.7 Å². The van der Waals surface area contributed by atoms with Crippen LogP contribution >= 0.6 is 0 Å². The molecule has 150 valence electrons. The SMILES string of the molecule is CCOC(=O)C(Cc1cccc2ccccc12)(CC1CCCO1)C(=O)OCC. The Morgan fingerprint density at radius 2 is 1.71 bits per heavy atom. The second-order valence-corrected chi connectivity index (χ2v) is 7.18. The third kappa shape index (κ3) is 4.20. The first kappa shape index (κ1) is 20.3. The molecule has 5 nitrogen and oxygen atoms in total. The smallest absolute Gasteiger partial charge is 0.323 e. The predicted octanol–water partition coefficient (Wildman–Crippen LogP) is 4.06. The molecule has 0 aromatic heterocycles. The van der Waals surface area contributed by atoms with E-state index < -0.39 is 17.4 Å². The van der Waals surface area contributed by atoms with E-state index in [9.17, 15) is 9.59 Å². The zero-order valence-electron chi connectivity index (χ0n) is 16.6. The summed E-state index contributed by atoms with van der Waals surface area (Å²) in [5, 5.41) is 2.09. The molecule has 1 aliphatic heterocycles. The monoisotopic (exact) mass is 384 g/mol. The van der Waals surface area contributed by atoms with Crippen LogP contribution in [0.25, 0.3) is 10.8 Å². The van der Waals surface area contributed by atoms with Crippen molar-refractivity contribution in [1.29, 1.82) is 0 Å². The Morgan fingerprint density at radius 1 is 1.04 bits per heavy atom. The second-order valence-electron chi connectivity index (χ2n) is 7.18. The lowest BCUT2D eigenvalue weighted by atomic mass is 9.75. The summed E-state index contributed by atoms with van der Waals surface area (Å²) in [6.45, 7) is 4.57. The molecule has 1 atom stereocenters. The van der Waals surface area contributed by atoms with Crippen LogP contribution in [0.1, 0.15) is 38.7 Å². The number of carbonyl (C=O) groups is 2. The van der Waals surface area contributed by atoms with Crippen LogP contribution in [0.3, 0.4) is 0 Å². The minimum atomic E-state index is -1.41. The van der Waals surface area contributed by atoms with Crippen LogP contribution in [0, 0.1) is 5.41 Å². The third-order valence-electron chi connectivity index (χ3n) is 5.30. The standard InChI is InChI=1S/C23H28O5/c1-3-26-21(24)23(22(25)27-4-2,16-19-12-8-14-28-19)15-18-11-7-10-17-9-5-6-13-20(17)18/h5-7,9-11,13,19H,3-4,8,12,14-16H2,1-2H3. The first-order valence-electron chi connectivity index (χ1n) is 10.0. The lowest BCUT2D eigenvalue weighted by molar-refractivity contribution is -0.174. The van der Waals surface area contributed by atoms with Crippen LogP contribution < -0.4 is 0 Å². The fourth-order valence-electron chi connectivity index (χ4n) is 3.97. The molecule has 1 saturated heterocycles. The maximum absolute atomic E-state index is 13.1. The fourth-order valence-corrected chi connectivity index (χ4v) is 3.97. The molecular formula is C23H28O5. The van der Waals surface area contributed by atoms with Crippen molar-refractivity contribution in [2.45, 2.75) is 45.6 Å². The fraction of sp³-hybridized carbons (Fsp3) is 0.478. The predicted molar refractivity (Wildman–Crippen MR) is 107 cm³/mol. The number of hydrogen-bond donors (Lipinski definition) is 0. The first-order valence-corrected chi connectivity index (χ1v) is 10.0. The van der Waals surface area contributed by atoms with Crippen LogP contribution in [0.5, 0.6) is 0 Å². The molecule has 2 aromatic rings. The van der Waals surface area contributed by atoms with Crippen LogP contribution in [0.2, 0.25) is 0 Å². The largest absolute Gasteiger partial charge is 0.465 e. The number of rotatable bonds is 8. The van der Waals surface area contributed by atoms with E-state index in [0.717, 1.165) is 29.2 Å². The van der Waals surface area contributed by atoms with Gasteiger partial charge in [-0.3, -0.25) is 9.59 Å². The summed E-state index contributed by atoms with van der Waals surface area (Å²) in [5.41, 5.74) is -0.484. The molecule has 0 bridgehead atoms. The number of carbonyl (C=O) groups excluding carboxylic acids is 2. The molecule has 0 saturated carbocycles. The van der Waals surface area contributed by atoms with Gasteiger partial charge in [-0.2, -0.15) is 0 Å². The van der Waals surface area contributed by atoms with Crippen LogP contribution in [-0.4, -0.2) is 37.9 Å². The van der Waals surface area contributed by atoms with Crippen molar-refractivity contribution in [3.05, 3.63) is 48.0 Å². The third-order valence-corrected chi connectivity index (χ3v) is 5.30. The summed E-state index contributed by atoms with van der Waals surface area (Å²) in [6, 6.07) is 13.9. The highest BCUT2D eigenvalue weighted by molar-refractivity contribution is 6.01. The second kappa shape index (κ2) is 9.20. The van der Waals surface area contributed by atoms with Gasteiger partial charge in [0.25, 0.3) is 0 Å². The molecular weight excluding hydrogens is 356 g/mol. The summed E-state index contributed by atoms with van der Waals surface area (Å²) in [7, 11) is 0. The first-order chi connectivity index (χ1) is 13.6. The van der Waals surface area contributed by atoms with Crippen molar-refractivity contribution < 1.29 is 23.8 Å². The molecule has 3 rings (SSSR count). The molecule has 1 unspecified atom stereocenters. The van der Waals surface area contributed by atoms with Gasteiger partial charge in [-0.25, -0.2) is 0 Å². The normalized spacial score (nSPS) is 16.9. The lowest BCUT2D eigenvalue weighted by Gasteiger charge is -2.31. The van der Waals surface area contributed by atoms with Gasteiger partial charge in [-0.15, -0.1) is 0 Å². The Kier molecular flexibility index (Phi) is 6.68. The van der Waals surface area contributed by atoms with Crippen molar-refractivity contribution in [1.82, 2.24) is 0 Å². The van der Waals surface area contributed by atoms with Crippen molar-refractivity contribution in [2.24, 2.45) is 5.41 Å². The summed E-state index contributed by atoms with van der Waals surface area (Å²) >= 11 is 0. The molecule has 1 heterocycles. The van der Waals surface area contributed by atoms with Gasteiger partial charge in [0.1, 0.15) is 0 Å². The highest BCUT2D eigenvalue weighted by atomic mass is 16.6. The van der Waals surface area contributed by atoms with E-state index in [1.807, 2.05) is 42.5 Å². The average molecular weight is 384 g/mol. The Hall–Kier alpha value is -2.40. The van der Waals surface area contributed by atoms with E-state index in [0.29, 0.717) is 6.61 Å². The van der Waals surface area contributed by atoms with Gasteiger partial charge in [-0.05, 0) is 49.4 Å². The van der Waals surface area contributed by atoms with Crippen LogP contribution in [0.4, 0.5) is 0 Å². The molecule has 0 radical (unpaired) electrons. The number of ether oxygens (including phenoxy) is 3. The van der Waals surface area contributed by atoms with Gasteiger partial charge in [-0.1, -0.05) is 42.5 Å². The topological polar surface area (TPSA) is 61.8 Å². The minimum Gasteiger partial charge on any atom is -0.465 e. The van der Waals surface area contributed by atoms with E-state index in [2.05, 4.69) is 0 Å². The molecule has 1 fully saturated rings. The van der Waals surface area contributed by atoms with Crippen molar-refractivity contribution in [3.63, 3.8) is 0 Å². The maximum Gasteiger partial charge on any atom is 0.323 e. The Balaban J connectivity index is 2.06. The minimum absolute atomic E-state index is 0.149. The van der Waals surface area contributed by atoms with Gasteiger partial charge >= 0.3 is 11.9 Å². The molecule has 0 aliphatic carbocycles. The van der Waals surface area contributed by atoms with Crippen LogP contribution in [-0.2, 0) is 30.2 Å². The molecule has 1 aliphatic rings. The summed E-state index contributed by atoms with van der Waals surface area (Å²) in [5.74, 6) is -1.06. The Morgan fingerprint density at radius 3 is 2.36 bits per heavy atom. The Bertz CT molecular complexity index is 799. The van der Waals surface area contributed by atoms with Crippen molar-refractivity contribution in [3.8, 4) is 0 Å². The van der Waals surface area contributed by atoms with Gasteiger partial charge in [0.2, 0.25) is 0 Å². The van der Waals surface area contributed by atoms with E-state index in [1.54, 1.807) is 13.8 Å². The quantitative estimate of drug-likeness (QED) is 0.507. The highest BCUT2D eigenvalue weighted by Gasteiger charge is 2.51. The van der Waals surface area contributed by atoms with E-state index >= 15 is 0 Å². The summed E-state index contributed by atoms with van der Waals surface area (Å²) < 4.78 is 16.5. The number of esters is 2. The average Bonchev–Trinajstić information content (AvgIpc) is 3.21. The zero-order chi connectivity index (χ0) is 20.0. The molecule has 2 aromatic carbocycles. The van der Waals surface area contributed by atoms with Gasteiger partial charge < -0.3 is 14.2 Å². The number of hydrogen-bond acceptors (Lipinski definition) is 5. The summed E-state index contributed by atoms with van der Waals surface area (Å²) in [4.78, 5) is 26.3. The molecule has 0 amide bonds. The lowest BCUT2D eigenvalue weighted by Crippen LogP contribution is -2.46. The van der Waals surface area contributed by atoms with Gasteiger partial charge in [0, 0.05) is 13.0 Å². The van der Waals surface area contributed by atoms with Gasteiger partial charge in [0.05, 0.1) is 19.3 Å². The molecule has 28 heavy (non-hydrogen) atoms. The maximum atomic E-state index is 13.1. The number of fused-ring (bicyclic) bond motifs is 1. The zero-order valence-corrected chi connectivity index (χ0v) is 16.6. The highest BCUT2D eigenvalue weighted by Crippen LogP contribution is 2.37. The summed E-state index contributed by atoms with van der Waals surface area (Å²) in [6.07, 6.45) is 2.11. The van der Waals surface area contributed by atoms with Crippen molar-refractivity contribution in [2.75, 3.05) is 19.8 Å². The van der Waals surface area contributed by atoms with Gasteiger partial charge in [0.15, 0.2) is 5.41 Å². The molecule has 0 N–H and O–H groups in total. The molecule has 0 spiro atoms. The molecule has 5 heteroatoms. The van der Waals surface area contributed by atoms with Crippen LogP contribution in [0.15, 0.2) is 42.5 Å². The van der Waals surface area contributed by atoms with E-state index in [-0.39, 0.29) is 32.2 Å². The van der Waals surface area contributed by atoms with E-state index in [4.69, 9.17) is 14.2 Å². The van der Waals surface area contributed by atoms with E-state index in [1.165, 1.54) is 0 Å².